The van der Waals surface area contributed by atoms with Gasteiger partial charge in [0.25, 0.3) is 5.91 Å². The van der Waals surface area contributed by atoms with E-state index in [0.29, 0.717) is 5.76 Å². The molecule has 7 nitrogen and oxygen atoms in total. The van der Waals surface area contributed by atoms with Crippen molar-refractivity contribution in [2.45, 2.75) is 19.9 Å². The van der Waals surface area contributed by atoms with Gasteiger partial charge in [0, 0.05) is 6.07 Å². The minimum absolute atomic E-state index is 0.0379. The normalized spacial score (nSPS) is 10.7. The number of para-hydroxylation sites is 1. The van der Waals surface area contributed by atoms with Gasteiger partial charge >= 0.3 is 0 Å². The van der Waals surface area contributed by atoms with Gasteiger partial charge < -0.3 is 14.9 Å². The van der Waals surface area contributed by atoms with Gasteiger partial charge in [-0.05, 0) is 18.6 Å². The van der Waals surface area contributed by atoms with Crippen molar-refractivity contribution in [3.05, 3.63) is 59.7 Å². The monoisotopic (exact) mass is 312 g/mol. The summed E-state index contributed by atoms with van der Waals surface area (Å²) in [5.74, 6) is -0.109. The van der Waals surface area contributed by atoms with Gasteiger partial charge in [0.15, 0.2) is 17.2 Å². The van der Waals surface area contributed by atoms with Crippen LogP contribution in [0.25, 0.3) is 5.69 Å². The van der Waals surface area contributed by atoms with Gasteiger partial charge in [-0.1, -0.05) is 30.3 Å². The first-order chi connectivity index (χ1) is 11.2. The number of rotatable bonds is 5. The van der Waals surface area contributed by atoms with Crippen molar-refractivity contribution in [1.82, 2.24) is 20.3 Å². The first kappa shape index (κ1) is 14.8. The number of aryl methyl sites for hydroxylation is 1. The van der Waals surface area contributed by atoms with Crippen LogP contribution in [-0.4, -0.2) is 26.0 Å². The van der Waals surface area contributed by atoms with Gasteiger partial charge in [0.2, 0.25) is 0 Å². The van der Waals surface area contributed by atoms with Crippen molar-refractivity contribution in [3.63, 3.8) is 0 Å². The summed E-state index contributed by atoms with van der Waals surface area (Å²) in [5.41, 5.74) is 1.54. The van der Waals surface area contributed by atoms with E-state index in [-0.39, 0.29) is 18.0 Å². The number of nitrogens with one attached hydrogen (secondary N) is 1. The summed E-state index contributed by atoms with van der Waals surface area (Å²) in [7, 11) is 0. The lowest BCUT2D eigenvalue weighted by atomic mass is 10.3. The lowest BCUT2D eigenvalue weighted by Gasteiger charge is -2.01. The molecule has 0 radical (unpaired) electrons. The fourth-order valence-corrected chi connectivity index (χ4v) is 2.10. The van der Waals surface area contributed by atoms with Crippen LogP contribution in [0, 0.1) is 0 Å². The van der Waals surface area contributed by atoms with E-state index < -0.39 is 5.91 Å². The van der Waals surface area contributed by atoms with Gasteiger partial charge in [-0.25, -0.2) is 4.68 Å². The van der Waals surface area contributed by atoms with Crippen molar-refractivity contribution in [1.29, 1.82) is 0 Å². The molecule has 2 heterocycles. The topological polar surface area (TPSA) is 93.2 Å². The maximum absolute atomic E-state index is 12.2. The van der Waals surface area contributed by atoms with Crippen LogP contribution in [0.3, 0.4) is 0 Å². The third kappa shape index (κ3) is 3.23. The first-order valence-electron chi connectivity index (χ1n) is 7.24. The van der Waals surface area contributed by atoms with E-state index in [1.54, 1.807) is 6.07 Å². The zero-order valence-corrected chi connectivity index (χ0v) is 12.6. The molecule has 0 spiro atoms. The Kier molecular flexibility index (Phi) is 4.09. The van der Waals surface area contributed by atoms with Crippen LogP contribution < -0.4 is 5.32 Å². The Balaban J connectivity index is 1.71. The van der Waals surface area contributed by atoms with Crippen LogP contribution in [0.15, 0.2) is 47.1 Å². The van der Waals surface area contributed by atoms with Crippen molar-refractivity contribution < 1.29 is 14.4 Å². The Hall–Kier alpha value is -3.09. The highest BCUT2D eigenvalue weighted by Gasteiger charge is 2.17. The number of benzene rings is 1. The van der Waals surface area contributed by atoms with E-state index in [4.69, 9.17) is 4.52 Å². The molecule has 0 aliphatic heterocycles. The summed E-state index contributed by atoms with van der Waals surface area (Å²) in [6, 6.07) is 11.0. The minimum atomic E-state index is -0.480. The second kappa shape index (κ2) is 6.35. The molecule has 0 aliphatic rings. The fourth-order valence-electron chi connectivity index (χ4n) is 2.10. The van der Waals surface area contributed by atoms with Gasteiger partial charge in [0.1, 0.15) is 0 Å². The molecule has 0 aliphatic carbocycles. The van der Waals surface area contributed by atoms with Crippen molar-refractivity contribution >= 4 is 5.91 Å². The third-order valence-electron chi connectivity index (χ3n) is 3.32. The van der Waals surface area contributed by atoms with Gasteiger partial charge in [-0.2, -0.15) is 5.10 Å². The molecule has 118 valence electrons. The van der Waals surface area contributed by atoms with E-state index in [9.17, 15) is 9.90 Å². The van der Waals surface area contributed by atoms with Gasteiger partial charge in [-0.3, -0.25) is 4.79 Å². The molecule has 3 aromatic rings. The van der Waals surface area contributed by atoms with Gasteiger partial charge in [0.05, 0.1) is 24.1 Å². The molecular weight excluding hydrogens is 296 g/mol. The van der Waals surface area contributed by atoms with E-state index in [1.165, 1.54) is 10.9 Å². The number of amides is 1. The highest BCUT2D eigenvalue weighted by molar-refractivity contribution is 5.94. The van der Waals surface area contributed by atoms with E-state index in [0.717, 1.165) is 17.8 Å². The fraction of sp³-hybridized carbons (Fsp3) is 0.188. The summed E-state index contributed by atoms with van der Waals surface area (Å²) >= 11 is 0. The quantitative estimate of drug-likeness (QED) is 0.752. The number of carbonyl (C=O) groups excluding carboxylic acids is 1. The van der Waals surface area contributed by atoms with E-state index >= 15 is 0 Å². The number of hydrogen-bond donors (Lipinski definition) is 2. The molecule has 2 aromatic heterocycles. The lowest BCUT2D eigenvalue weighted by Crippen LogP contribution is -2.23. The van der Waals surface area contributed by atoms with Crippen LogP contribution in [0.5, 0.6) is 5.75 Å². The number of aromatic nitrogens is 3. The maximum Gasteiger partial charge on any atom is 0.276 e. The highest BCUT2D eigenvalue weighted by Crippen LogP contribution is 2.18. The van der Waals surface area contributed by atoms with Crippen LogP contribution in [-0.2, 0) is 13.0 Å². The molecular formula is C16H16N4O3. The molecule has 0 fully saturated rings. The molecule has 7 heteroatoms. The maximum atomic E-state index is 12.2. The number of hydrogen-bond acceptors (Lipinski definition) is 5. The standard InChI is InChI=1S/C16H16N4O3/c1-2-11-8-13(23-19-11)9-17-16(22)15-14(21)10-20(18-15)12-6-4-3-5-7-12/h3-8,10,21H,2,9H2,1H3,(H,17,22). The predicted octanol–water partition coefficient (Wildman–Crippen LogP) is 2.06. The van der Waals surface area contributed by atoms with E-state index in [2.05, 4.69) is 15.6 Å². The summed E-state index contributed by atoms with van der Waals surface area (Å²) in [6.45, 7) is 2.15. The molecule has 0 atom stereocenters. The smallest absolute Gasteiger partial charge is 0.276 e. The van der Waals surface area contributed by atoms with Crippen LogP contribution in [0.4, 0.5) is 0 Å². The van der Waals surface area contributed by atoms with Crippen LogP contribution in [0.2, 0.25) is 0 Å². The number of carbonyl (C=O) groups is 1. The van der Waals surface area contributed by atoms with Crippen molar-refractivity contribution in [2.75, 3.05) is 0 Å². The van der Waals surface area contributed by atoms with Crippen molar-refractivity contribution in [3.8, 4) is 11.4 Å². The molecule has 0 saturated carbocycles. The van der Waals surface area contributed by atoms with Crippen LogP contribution in [0.1, 0.15) is 28.9 Å². The number of aromatic hydroxyl groups is 1. The summed E-state index contributed by atoms with van der Waals surface area (Å²) in [5, 5.41) is 20.5. The predicted molar refractivity (Wildman–Crippen MR) is 82.3 cm³/mol. The average molecular weight is 312 g/mol. The summed E-state index contributed by atoms with van der Waals surface area (Å²) in [4.78, 5) is 12.2. The third-order valence-corrected chi connectivity index (χ3v) is 3.32. The molecule has 2 N–H and O–H groups in total. The number of nitrogens with zero attached hydrogens (tertiary/aromatic N) is 3. The van der Waals surface area contributed by atoms with E-state index in [1.807, 2.05) is 37.3 Å². The largest absolute Gasteiger partial charge is 0.504 e. The molecule has 0 saturated heterocycles. The summed E-state index contributed by atoms with van der Waals surface area (Å²) < 4.78 is 6.55. The average Bonchev–Trinajstić information content (AvgIpc) is 3.20. The van der Waals surface area contributed by atoms with Crippen molar-refractivity contribution in [2.24, 2.45) is 0 Å². The zero-order chi connectivity index (χ0) is 16.2. The molecule has 0 bridgehead atoms. The SMILES string of the molecule is CCc1cc(CNC(=O)c2nn(-c3ccccc3)cc2O)on1. The zero-order valence-electron chi connectivity index (χ0n) is 12.6. The molecule has 1 amide bonds. The second-order valence-electron chi connectivity index (χ2n) is 4.96. The Morgan fingerprint density at radius 1 is 1.35 bits per heavy atom. The molecule has 1 aromatic carbocycles. The van der Waals surface area contributed by atoms with Crippen LogP contribution >= 0.6 is 0 Å². The first-order valence-corrected chi connectivity index (χ1v) is 7.24. The summed E-state index contributed by atoms with van der Waals surface area (Å²) in [6.07, 6.45) is 2.16. The highest BCUT2D eigenvalue weighted by atomic mass is 16.5. The Morgan fingerprint density at radius 2 is 2.13 bits per heavy atom. The van der Waals surface area contributed by atoms with Gasteiger partial charge in [-0.15, -0.1) is 0 Å². The lowest BCUT2D eigenvalue weighted by molar-refractivity contribution is 0.0939. The molecule has 23 heavy (non-hydrogen) atoms. The molecule has 0 unspecified atom stereocenters. The Labute approximate surface area is 132 Å². The molecule has 3 rings (SSSR count). The Bertz CT molecular complexity index is 808. The Morgan fingerprint density at radius 3 is 2.83 bits per heavy atom. The minimum Gasteiger partial charge on any atom is -0.504 e. The second-order valence-corrected chi connectivity index (χ2v) is 4.96.